The smallest absolute Gasteiger partial charge is 0.384 e. The molecule has 0 bridgehead atoms. The molecule has 0 amide bonds. The Morgan fingerprint density at radius 3 is 2.50 bits per heavy atom. The van der Waals surface area contributed by atoms with Crippen LogP contribution in [0.4, 0.5) is 13.2 Å². The Hall–Kier alpha value is -0.740. The molecular formula is C13H14ClF3O. The second kappa shape index (κ2) is 4.74. The summed E-state index contributed by atoms with van der Waals surface area (Å²) < 4.78 is 38.8. The first kappa shape index (κ1) is 13.7. The largest absolute Gasteiger partial charge is 0.416 e. The van der Waals surface area contributed by atoms with Crippen LogP contribution in [0.1, 0.15) is 36.8 Å². The summed E-state index contributed by atoms with van der Waals surface area (Å²) in [7, 11) is 0. The van der Waals surface area contributed by atoms with Crippen LogP contribution in [-0.2, 0) is 11.8 Å². The van der Waals surface area contributed by atoms with Crippen LogP contribution in [0.3, 0.4) is 0 Å². The van der Waals surface area contributed by atoms with Crippen LogP contribution in [0.15, 0.2) is 24.3 Å². The van der Waals surface area contributed by atoms with Crippen LogP contribution in [0.5, 0.6) is 0 Å². The molecule has 0 unspecified atom stereocenters. The molecule has 1 aliphatic rings. The van der Waals surface area contributed by atoms with Gasteiger partial charge in [-0.3, -0.25) is 0 Å². The molecule has 0 aromatic heterocycles. The van der Waals surface area contributed by atoms with Gasteiger partial charge in [-0.1, -0.05) is 31.0 Å². The number of rotatable bonds is 1. The Morgan fingerprint density at radius 2 is 1.89 bits per heavy atom. The predicted octanol–water partition coefficient (Wildman–Crippen LogP) is 4.07. The fraction of sp³-hybridized carbons (Fsp3) is 0.538. The summed E-state index contributed by atoms with van der Waals surface area (Å²) in [4.78, 5) is 0. The standard InChI is InChI=1S/C13H14ClF3O/c14-11-7-3-4-8-12(11,18)9-5-1-2-6-10(9)13(15,16)17/h1-2,5-6,11,18H,3-4,7-8H2/t11-,12-/m1/s1. The molecule has 18 heavy (non-hydrogen) atoms. The Kier molecular flexibility index (Phi) is 3.60. The third-order valence-electron chi connectivity index (χ3n) is 3.48. The quantitative estimate of drug-likeness (QED) is 0.768. The lowest BCUT2D eigenvalue weighted by molar-refractivity contribution is -0.141. The van der Waals surface area contributed by atoms with Crippen LogP contribution < -0.4 is 0 Å². The van der Waals surface area contributed by atoms with E-state index in [2.05, 4.69) is 0 Å². The summed E-state index contributed by atoms with van der Waals surface area (Å²) in [6.45, 7) is 0. The molecule has 2 rings (SSSR count). The Labute approximate surface area is 109 Å². The average molecular weight is 279 g/mol. The van der Waals surface area contributed by atoms with Crippen molar-refractivity contribution in [2.75, 3.05) is 0 Å². The first-order valence-electron chi connectivity index (χ1n) is 5.89. The summed E-state index contributed by atoms with van der Waals surface area (Å²) in [5.74, 6) is 0. The predicted molar refractivity (Wildman–Crippen MR) is 63.4 cm³/mol. The number of hydrogen-bond donors (Lipinski definition) is 1. The van der Waals surface area contributed by atoms with Crippen LogP contribution >= 0.6 is 11.6 Å². The minimum Gasteiger partial charge on any atom is -0.384 e. The minimum atomic E-state index is -4.47. The summed E-state index contributed by atoms with van der Waals surface area (Å²) in [5.41, 5.74) is -2.47. The van der Waals surface area contributed by atoms with Gasteiger partial charge < -0.3 is 5.11 Å². The molecule has 1 aliphatic carbocycles. The van der Waals surface area contributed by atoms with Gasteiger partial charge in [0, 0.05) is 0 Å². The maximum atomic E-state index is 12.9. The van der Waals surface area contributed by atoms with Crippen molar-refractivity contribution < 1.29 is 18.3 Å². The molecule has 100 valence electrons. The van der Waals surface area contributed by atoms with Crippen molar-refractivity contribution in [3.63, 3.8) is 0 Å². The van der Waals surface area contributed by atoms with Gasteiger partial charge in [0.15, 0.2) is 0 Å². The highest BCUT2D eigenvalue weighted by Gasteiger charge is 2.45. The van der Waals surface area contributed by atoms with E-state index in [4.69, 9.17) is 11.6 Å². The number of alkyl halides is 4. The Balaban J connectivity index is 2.50. The SMILES string of the molecule is O[C@@]1(c2ccccc2C(F)(F)F)CCCC[C@H]1Cl. The molecule has 0 heterocycles. The van der Waals surface area contributed by atoms with Gasteiger partial charge in [-0.25, -0.2) is 0 Å². The van der Waals surface area contributed by atoms with Crippen molar-refractivity contribution in [2.45, 2.75) is 42.8 Å². The molecule has 0 spiro atoms. The lowest BCUT2D eigenvalue weighted by Gasteiger charge is -2.38. The van der Waals surface area contributed by atoms with Crippen molar-refractivity contribution in [1.29, 1.82) is 0 Å². The fourth-order valence-corrected chi connectivity index (χ4v) is 2.91. The molecule has 0 saturated heterocycles. The van der Waals surface area contributed by atoms with Gasteiger partial charge in [-0.2, -0.15) is 13.2 Å². The molecule has 0 aliphatic heterocycles. The van der Waals surface area contributed by atoms with E-state index >= 15 is 0 Å². The van der Waals surface area contributed by atoms with Gasteiger partial charge in [0.25, 0.3) is 0 Å². The van der Waals surface area contributed by atoms with E-state index in [1.54, 1.807) is 0 Å². The van der Waals surface area contributed by atoms with E-state index in [1.165, 1.54) is 18.2 Å². The van der Waals surface area contributed by atoms with Crippen molar-refractivity contribution in [3.05, 3.63) is 35.4 Å². The number of hydrogen-bond acceptors (Lipinski definition) is 1. The number of benzene rings is 1. The maximum absolute atomic E-state index is 12.9. The van der Waals surface area contributed by atoms with Crippen molar-refractivity contribution in [3.8, 4) is 0 Å². The zero-order valence-electron chi connectivity index (χ0n) is 9.67. The van der Waals surface area contributed by atoms with E-state index in [0.29, 0.717) is 12.8 Å². The molecule has 1 nitrogen and oxygen atoms in total. The summed E-state index contributed by atoms with van der Waals surface area (Å²) in [6.07, 6.45) is -2.14. The molecular weight excluding hydrogens is 265 g/mol. The monoisotopic (exact) mass is 278 g/mol. The van der Waals surface area contributed by atoms with E-state index in [1.807, 2.05) is 0 Å². The molecule has 1 aromatic rings. The first-order chi connectivity index (χ1) is 8.36. The van der Waals surface area contributed by atoms with Gasteiger partial charge in [-0.15, -0.1) is 11.6 Å². The van der Waals surface area contributed by atoms with Crippen LogP contribution in [0.2, 0.25) is 0 Å². The second-order valence-corrected chi connectivity index (χ2v) is 5.21. The fourth-order valence-electron chi connectivity index (χ4n) is 2.52. The van der Waals surface area contributed by atoms with Gasteiger partial charge in [-0.05, 0) is 24.5 Å². The van der Waals surface area contributed by atoms with E-state index in [9.17, 15) is 18.3 Å². The van der Waals surface area contributed by atoms with Gasteiger partial charge >= 0.3 is 6.18 Å². The lowest BCUT2D eigenvalue weighted by Crippen LogP contribution is -2.40. The molecule has 5 heteroatoms. The second-order valence-electron chi connectivity index (χ2n) is 4.68. The lowest BCUT2D eigenvalue weighted by atomic mass is 9.77. The third-order valence-corrected chi connectivity index (χ3v) is 4.06. The van der Waals surface area contributed by atoms with E-state index < -0.39 is 22.7 Å². The average Bonchev–Trinajstić information content (AvgIpc) is 2.32. The van der Waals surface area contributed by atoms with E-state index in [0.717, 1.165) is 12.5 Å². The normalized spacial score (nSPS) is 29.3. The van der Waals surface area contributed by atoms with Crippen LogP contribution in [0.25, 0.3) is 0 Å². The zero-order valence-corrected chi connectivity index (χ0v) is 10.4. The molecule has 0 radical (unpaired) electrons. The highest BCUT2D eigenvalue weighted by Crippen LogP contribution is 2.45. The molecule has 2 atom stereocenters. The molecule has 1 fully saturated rings. The highest BCUT2D eigenvalue weighted by molar-refractivity contribution is 6.21. The van der Waals surface area contributed by atoms with Crippen LogP contribution in [0, 0.1) is 0 Å². The summed E-state index contributed by atoms with van der Waals surface area (Å²) in [6, 6.07) is 5.14. The Bertz CT molecular complexity index is 432. The molecule has 1 aromatic carbocycles. The Morgan fingerprint density at radius 1 is 1.22 bits per heavy atom. The minimum absolute atomic E-state index is 0.0998. The van der Waals surface area contributed by atoms with Gasteiger partial charge in [0.1, 0.15) is 5.60 Å². The summed E-state index contributed by atoms with van der Waals surface area (Å²) >= 11 is 6.06. The third kappa shape index (κ3) is 2.36. The van der Waals surface area contributed by atoms with Crippen molar-refractivity contribution in [2.24, 2.45) is 0 Å². The zero-order chi connectivity index (χ0) is 13.4. The molecule has 1 saturated carbocycles. The van der Waals surface area contributed by atoms with Gasteiger partial charge in [0.05, 0.1) is 10.9 Å². The number of halogens is 4. The number of aliphatic hydroxyl groups is 1. The maximum Gasteiger partial charge on any atom is 0.416 e. The molecule has 1 N–H and O–H groups in total. The summed E-state index contributed by atoms with van der Waals surface area (Å²) in [5, 5.41) is 9.85. The van der Waals surface area contributed by atoms with Gasteiger partial charge in [0.2, 0.25) is 0 Å². The van der Waals surface area contributed by atoms with Crippen LogP contribution in [-0.4, -0.2) is 10.5 Å². The highest BCUT2D eigenvalue weighted by atomic mass is 35.5. The van der Waals surface area contributed by atoms with Crippen molar-refractivity contribution in [1.82, 2.24) is 0 Å². The van der Waals surface area contributed by atoms with Crippen molar-refractivity contribution >= 4 is 11.6 Å². The topological polar surface area (TPSA) is 20.2 Å². The van der Waals surface area contributed by atoms with E-state index in [-0.39, 0.29) is 12.0 Å². The first-order valence-corrected chi connectivity index (χ1v) is 6.32.